The summed E-state index contributed by atoms with van der Waals surface area (Å²) in [6.07, 6.45) is 8.11. The number of nitrogens with two attached hydrogens (primary N) is 1. The summed E-state index contributed by atoms with van der Waals surface area (Å²) >= 11 is 0. The molecule has 0 aromatic carbocycles. The highest BCUT2D eigenvalue weighted by atomic mass is 16.1. The molecule has 1 amide bonds. The Morgan fingerprint density at radius 1 is 1.42 bits per heavy atom. The number of nitrogens with zero attached hydrogens (tertiary/aromatic N) is 4. The molecule has 1 saturated carbocycles. The van der Waals surface area contributed by atoms with Crippen LogP contribution >= 0.6 is 0 Å². The quantitative estimate of drug-likeness (QED) is 0.684. The maximum absolute atomic E-state index is 10.9. The molecule has 3 rings (SSSR count). The topological polar surface area (TPSA) is 111 Å². The Hall–Kier alpha value is -2.64. The van der Waals surface area contributed by atoms with Gasteiger partial charge in [-0.3, -0.25) is 9.48 Å². The molecule has 2 aromatic rings. The Bertz CT molecular complexity index is 721. The van der Waals surface area contributed by atoms with Gasteiger partial charge in [-0.2, -0.15) is 10.1 Å². The minimum atomic E-state index is -0.330. The van der Waals surface area contributed by atoms with Crippen LogP contribution in [0, 0.1) is 0 Å². The van der Waals surface area contributed by atoms with E-state index in [0.29, 0.717) is 24.5 Å². The summed E-state index contributed by atoms with van der Waals surface area (Å²) in [6, 6.07) is 0.296. The first-order valence-corrected chi connectivity index (χ1v) is 8.23. The van der Waals surface area contributed by atoms with Crippen molar-refractivity contribution >= 4 is 23.4 Å². The summed E-state index contributed by atoms with van der Waals surface area (Å²) in [4.78, 5) is 19.9. The highest BCUT2D eigenvalue weighted by Crippen LogP contribution is 2.42. The van der Waals surface area contributed by atoms with Gasteiger partial charge in [0.15, 0.2) is 0 Å². The van der Waals surface area contributed by atoms with Crippen molar-refractivity contribution in [2.45, 2.75) is 45.1 Å². The van der Waals surface area contributed by atoms with Crippen molar-refractivity contribution in [3.05, 3.63) is 24.2 Å². The Kier molecular flexibility index (Phi) is 4.64. The van der Waals surface area contributed by atoms with Crippen LogP contribution in [0.25, 0.3) is 0 Å². The third kappa shape index (κ3) is 4.01. The van der Waals surface area contributed by atoms with Gasteiger partial charge in [-0.15, -0.1) is 0 Å². The third-order valence-electron chi connectivity index (χ3n) is 3.88. The van der Waals surface area contributed by atoms with Crippen LogP contribution in [-0.4, -0.2) is 32.2 Å². The Labute approximate surface area is 140 Å². The summed E-state index contributed by atoms with van der Waals surface area (Å²) in [5.41, 5.74) is 7.13. The number of hydrogen-bond donors (Lipinski definition) is 3. The van der Waals surface area contributed by atoms with Crippen molar-refractivity contribution < 1.29 is 4.79 Å². The average molecular weight is 329 g/mol. The van der Waals surface area contributed by atoms with E-state index in [0.717, 1.165) is 29.9 Å². The molecular formula is C16H23N7O. The lowest BCUT2D eigenvalue weighted by molar-refractivity contribution is -0.117. The number of carbonyl (C=O) groups excluding carboxylic acids is 1. The standard InChI is InChI=1S/C16H23N7O/c1-10(2)23-9-12(7-20-23)21-16-19-8-13(11-3-4-11)15(22-16)18-6-5-14(17)24/h7-11H,3-6H2,1-2H3,(H2,17,24)(H2,18,19,21,22). The van der Waals surface area contributed by atoms with Crippen LogP contribution in [0.2, 0.25) is 0 Å². The molecule has 24 heavy (non-hydrogen) atoms. The Morgan fingerprint density at radius 2 is 2.21 bits per heavy atom. The van der Waals surface area contributed by atoms with Crippen LogP contribution in [0.15, 0.2) is 18.6 Å². The number of nitrogens with one attached hydrogen (secondary N) is 2. The molecule has 8 heteroatoms. The predicted octanol–water partition coefficient (Wildman–Crippen LogP) is 2.16. The van der Waals surface area contributed by atoms with E-state index in [2.05, 4.69) is 39.5 Å². The first-order chi connectivity index (χ1) is 11.5. The minimum absolute atomic E-state index is 0.276. The highest BCUT2D eigenvalue weighted by molar-refractivity contribution is 5.74. The molecule has 0 saturated heterocycles. The second-order valence-corrected chi connectivity index (χ2v) is 6.34. The number of carbonyl (C=O) groups is 1. The van der Waals surface area contributed by atoms with Crippen LogP contribution in [0.1, 0.15) is 50.6 Å². The summed E-state index contributed by atoms with van der Waals surface area (Å²) in [6.45, 7) is 4.60. The summed E-state index contributed by atoms with van der Waals surface area (Å²) in [5.74, 6) is 1.46. The fourth-order valence-corrected chi connectivity index (χ4v) is 2.40. The molecule has 2 heterocycles. The molecule has 1 aliphatic carbocycles. The van der Waals surface area contributed by atoms with Gasteiger partial charge in [0.25, 0.3) is 0 Å². The van der Waals surface area contributed by atoms with E-state index in [1.54, 1.807) is 6.20 Å². The smallest absolute Gasteiger partial charge is 0.229 e. The van der Waals surface area contributed by atoms with Crippen LogP contribution < -0.4 is 16.4 Å². The molecule has 0 spiro atoms. The van der Waals surface area contributed by atoms with Crippen molar-refractivity contribution in [2.24, 2.45) is 5.73 Å². The van der Waals surface area contributed by atoms with Gasteiger partial charge in [0.2, 0.25) is 11.9 Å². The summed E-state index contributed by atoms with van der Waals surface area (Å²) in [5, 5.41) is 10.7. The van der Waals surface area contributed by atoms with Gasteiger partial charge in [0.05, 0.1) is 11.9 Å². The van der Waals surface area contributed by atoms with Crippen LogP contribution in [0.5, 0.6) is 0 Å². The van der Waals surface area contributed by atoms with Crippen molar-refractivity contribution in [3.8, 4) is 0 Å². The summed E-state index contributed by atoms with van der Waals surface area (Å²) < 4.78 is 1.87. The van der Waals surface area contributed by atoms with Gasteiger partial charge in [-0.1, -0.05) is 0 Å². The van der Waals surface area contributed by atoms with E-state index in [9.17, 15) is 4.79 Å². The minimum Gasteiger partial charge on any atom is -0.370 e. The van der Waals surface area contributed by atoms with Gasteiger partial charge in [-0.05, 0) is 32.6 Å². The number of amides is 1. The number of hydrogen-bond acceptors (Lipinski definition) is 6. The number of primary amides is 1. The molecular weight excluding hydrogens is 306 g/mol. The Morgan fingerprint density at radius 3 is 2.83 bits per heavy atom. The molecule has 1 aliphatic rings. The molecule has 8 nitrogen and oxygen atoms in total. The van der Waals surface area contributed by atoms with Gasteiger partial charge in [0, 0.05) is 37.0 Å². The van der Waals surface area contributed by atoms with Crippen molar-refractivity contribution in [3.63, 3.8) is 0 Å². The number of rotatable bonds is 8. The van der Waals surface area contributed by atoms with Crippen molar-refractivity contribution in [1.82, 2.24) is 19.7 Å². The zero-order chi connectivity index (χ0) is 17.1. The predicted molar refractivity (Wildman–Crippen MR) is 92.2 cm³/mol. The maximum atomic E-state index is 10.9. The van der Waals surface area contributed by atoms with Crippen LogP contribution in [0.3, 0.4) is 0 Å². The lowest BCUT2D eigenvalue weighted by Crippen LogP contribution is -2.17. The van der Waals surface area contributed by atoms with Crippen molar-refractivity contribution in [2.75, 3.05) is 17.2 Å². The molecule has 0 aliphatic heterocycles. The molecule has 0 radical (unpaired) electrons. The van der Waals surface area contributed by atoms with Crippen LogP contribution in [0.4, 0.5) is 17.5 Å². The van der Waals surface area contributed by atoms with E-state index in [1.165, 1.54) is 0 Å². The van der Waals surface area contributed by atoms with E-state index in [1.807, 2.05) is 17.1 Å². The third-order valence-corrected chi connectivity index (χ3v) is 3.88. The molecule has 2 aromatic heterocycles. The second-order valence-electron chi connectivity index (χ2n) is 6.34. The monoisotopic (exact) mass is 329 g/mol. The van der Waals surface area contributed by atoms with Gasteiger partial charge in [-0.25, -0.2) is 4.98 Å². The van der Waals surface area contributed by atoms with E-state index < -0.39 is 0 Å². The Balaban J connectivity index is 1.74. The van der Waals surface area contributed by atoms with E-state index in [-0.39, 0.29) is 12.3 Å². The lowest BCUT2D eigenvalue weighted by Gasteiger charge is -2.11. The normalized spacial score (nSPS) is 14.0. The first-order valence-electron chi connectivity index (χ1n) is 8.23. The van der Waals surface area contributed by atoms with E-state index >= 15 is 0 Å². The van der Waals surface area contributed by atoms with Gasteiger partial charge >= 0.3 is 0 Å². The summed E-state index contributed by atoms with van der Waals surface area (Å²) in [7, 11) is 0. The second kappa shape index (κ2) is 6.86. The maximum Gasteiger partial charge on any atom is 0.229 e. The van der Waals surface area contributed by atoms with Gasteiger partial charge in [0.1, 0.15) is 5.82 Å². The molecule has 1 fully saturated rings. The molecule has 0 unspecified atom stereocenters. The molecule has 0 bridgehead atoms. The number of aromatic nitrogens is 4. The largest absolute Gasteiger partial charge is 0.370 e. The molecule has 128 valence electrons. The van der Waals surface area contributed by atoms with Gasteiger partial charge < -0.3 is 16.4 Å². The number of anilines is 3. The van der Waals surface area contributed by atoms with E-state index in [4.69, 9.17) is 5.73 Å². The zero-order valence-electron chi connectivity index (χ0n) is 14.0. The van der Waals surface area contributed by atoms with Crippen molar-refractivity contribution in [1.29, 1.82) is 0 Å². The molecule has 0 atom stereocenters. The highest BCUT2D eigenvalue weighted by Gasteiger charge is 2.27. The first kappa shape index (κ1) is 16.2. The zero-order valence-corrected chi connectivity index (χ0v) is 14.0. The average Bonchev–Trinajstić information content (AvgIpc) is 3.26. The SMILES string of the molecule is CC(C)n1cc(Nc2ncc(C3CC3)c(NCCC(N)=O)n2)cn1. The fraction of sp³-hybridized carbons (Fsp3) is 0.500. The van der Waals surface area contributed by atoms with Crippen LogP contribution in [-0.2, 0) is 4.79 Å². The lowest BCUT2D eigenvalue weighted by atomic mass is 10.2. The fourth-order valence-electron chi connectivity index (χ4n) is 2.40. The molecule has 4 N–H and O–H groups in total.